The molecular weight excluding hydrogens is 421 g/mol. The molecule has 0 atom stereocenters. The second kappa shape index (κ2) is 10.3. The monoisotopic (exact) mass is 447 g/mol. The molecule has 0 bridgehead atoms. The van der Waals surface area contributed by atoms with Gasteiger partial charge < -0.3 is 10.2 Å². The van der Waals surface area contributed by atoms with Gasteiger partial charge in [-0.05, 0) is 35.7 Å². The van der Waals surface area contributed by atoms with Crippen LogP contribution in [0.2, 0.25) is 10.0 Å². The number of nitrogens with zero attached hydrogens (tertiary/aromatic N) is 2. The number of carbonyl (C=O) groups excluding carboxylic acids is 2. The van der Waals surface area contributed by atoms with Crippen molar-refractivity contribution in [1.82, 2.24) is 9.80 Å². The molecule has 0 radical (unpaired) electrons. The van der Waals surface area contributed by atoms with Crippen molar-refractivity contribution in [2.24, 2.45) is 0 Å². The van der Waals surface area contributed by atoms with Crippen molar-refractivity contribution >= 4 is 40.7 Å². The number of halogens is 2. The van der Waals surface area contributed by atoms with Gasteiger partial charge in [-0.25, -0.2) is 0 Å². The Kier molecular flexibility index (Phi) is 7.75. The highest BCUT2D eigenvalue weighted by Crippen LogP contribution is 2.29. The van der Waals surface area contributed by atoms with Crippen molar-refractivity contribution in [1.29, 1.82) is 0 Å². The fraction of sp³-hybridized carbons (Fsp3) is 0.391. The average molecular weight is 448 g/mol. The lowest BCUT2D eigenvalue weighted by Crippen LogP contribution is -2.49. The molecule has 5 nitrogen and oxygen atoms in total. The summed E-state index contributed by atoms with van der Waals surface area (Å²) in [5.41, 5.74) is 2.40. The van der Waals surface area contributed by atoms with E-state index in [9.17, 15) is 9.59 Å². The third kappa shape index (κ3) is 5.75. The van der Waals surface area contributed by atoms with Crippen LogP contribution in [0.4, 0.5) is 5.69 Å². The quantitative estimate of drug-likeness (QED) is 0.684. The van der Waals surface area contributed by atoms with Gasteiger partial charge in [0, 0.05) is 44.7 Å². The Morgan fingerprint density at radius 3 is 2.13 bits per heavy atom. The van der Waals surface area contributed by atoms with Gasteiger partial charge in [0.05, 0.1) is 15.7 Å². The van der Waals surface area contributed by atoms with E-state index < -0.39 is 0 Å². The second-order valence-corrected chi connectivity index (χ2v) is 8.62. The predicted octanol–water partition coefficient (Wildman–Crippen LogP) is 4.90. The molecule has 2 aromatic rings. The minimum Gasteiger partial charge on any atom is -0.336 e. The number of amides is 2. The Morgan fingerprint density at radius 1 is 0.967 bits per heavy atom. The molecule has 1 saturated heterocycles. The van der Waals surface area contributed by atoms with Crippen molar-refractivity contribution in [2.75, 3.05) is 38.0 Å². The summed E-state index contributed by atoms with van der Waals surface area (Å²) in [5, 5.41) is 3.63. The highest BCUT2D eigenvalue weighted by atomic mass is 35.5. The zero-order valence-electron chi connectivity index (χ0n) is 17.3. The molecule has 1 N–H and O–H groups in total. The third-order valence-electron chi connectivity index (χ3n) is 5.37. The largest absolute Gasteiger partial charge is 0.336 e. The fourth-order valence-corrected chi connectivity index (χ4v) is 3.94. The van der Waals surface area contributed by atoms with Crippen LogP contribution in [0, 0.1) is 0 Å². The molecule has 30 heavy (non-hydrogen) atoms. The van der Waals surface area contributed by atoms with E-state index in [1.807, 2.05) is 29.2 Å². The summed E-state index contributed by atoms with van der Waals surface area (Å²) in [6.45, 7) is 7.70. The summed E-state index contributed by atoms with van der Waals surface area (Å²) in [4.78, 5) is 29.1. The molecular formula is C23H27Cl2N3O2. The van der Waals surface area contributed by atoms with E-state index in [1.165, 1.54) is 5.56 Å². The average Bonchev–Trinajstić information content (AvgIpc) is 2.75. The van der Waals surface area contributed by atoms with Crippen molar-refractivity contribution in [3.05, 3.63) is 63.6 Å². The zero-order valence-corrected chi connectivity index (χ0v) is 18.8. The minimum atomic E-state index is -0.131. The number of piperazine rings is 1. The molecule has 7 heteroatoms. The first-order chi connectivity index (χ1) is 14.3. The van der Waals surface area contributed by atoms with E-state index in [0.717, 1.165) is 18.7 Å². The normalized spacial score (nSPS) is 14.8. The number of carbonyl (C=O) groups is 2. The Hall–Kier alpha value is -2.08. The zero-order chi connectivity index (χ0) is 21.7. The summed E-state index contributed by atoms with van der Waals surface area (Å²) >= 11 is 12.2. The summed E-state index contributed by atoms with van der Waals surface area (Å²) in [6, 6.07) is 13.0. The molecule has 2 aromatic carbocycles. The standard InChI is InChI=1S/C23H27Cl2N3O2/c1-16(2)17-6-8-18(9-7-17)23(30)28-14-12-27(13-15-28)11-10-21(29)26-22-19(24)4-3-5-20(22)25/h3-9,16H,10-15H2,1-2H3,(H,26,29). The van der Waals surface area contributed by atoms with Crippen molar-refractivity contribution in [2.45, 2.75) is 26.2 Å². The van der Waals surface area contributed by atoms with E-state index in [2.05, 4.69) is 24.1 Å². The molecule has 0 saturated carbocycles. The number of para-hydroxylation sites is 1. The Labute approximate surface area is 187 Å². The Morgan fingerprint density at radius 2 is 1.57 bits per heavy atom. The smallest absolute Gasteiger partial charge is 0.253 e. The first kappa shape index (κ1) is 22.6. The van der Waals surface area contributed by atoms with Crippen LogP contribution in [-0.2, 0) is 4.79 Å². The van der Waals surface area contributed by atoms with Crippen LogP contribution in [0.5, 0.6) is 0 Å². The van der Waals surface area contributed by atoms with Gasteiger partial charge in [0.25, 0.3) is 5.91 Å². The number of hydrogen-bond acceptors (Lipinski definition) is 3. The Bertz CT molecular complexity index is 872. The highest BCUT2D eigenvalue weighted by Gasteiger charge is 2.22. The molecule has 0 aliphatic carbocycles. The maximum absolute atomic E-state index is 12.7. The van der Waals surface area contributed by atoms with Gasteiger partial charge in [-0.2, -0.15) is 0 Å². The third-order valence-corrected chi connectivity index (χ3v) is 6.00. The van der Waals surface area contributed by atoms with E-state index in [1.54, 1.807) is 18.2 Å². The Balaban J connectivity index is 1.45. The molecule has 1 heterocycles. The van der Waals surface area contributed by atoms with Crippen LogP contribution in [0.15, 0.2) is 42.5 Å². The summed E-state index contributed by atoms with van der Waals surface area (Å²) in [5.74, 6) is 0.383. The number of rotatable bonds is 6. The van der Waals surface area contributed by atoms with E-state index >= 15 is 0 Å². The van der Waals surface area contributed by atoms with Gasteiger partial charge >= 0.3 is 0 Å². The van der Waals surface area contributed by atoms with Crippen molar-refractivity contribution in [3.8, 4) is 0 Å². The topological polar surface area (TPSA) is 52.7 Å². The van der Waals surface area contributed by atoms with Gasteiger partial charge in [-0.3, -0.25) is 14.5 Å². The number of anilines is 1. The van der Waals surface area contributed by atoms with Gasteiger partial charge in [0.1, 0.15) is 0 Å². The summed E-state index contributed by atoms with van der Waals surface area (Å²) in [7, 11) is 0. The predicted molar refractivity (Wildman–Crippen MR) is 123 cm³/mol. The fourth-order valence-electron chi connectivity index (χ4n) is 3.45. The summed E-state index contributed by atoms with van der Waals surface area (Å²) < 4.78 is 0. The molecule has 0 unspecified atom stereocenters. The van der Waals surface area contributed by atoms with Gasteiger partial charge in [0.15, 0.2) is 0 Å². The van der Waals surface area contributed by atoms with Crippen LogP contribution in [0.3, 0.4) is 0 Å². The molecule has 1 aliphatic rings. The van der Waals surface area contributed by atoms with Crippen LogP contribution < -0.4 is 5.32 Å². The lowest BCUT2D eigenvalue weighted by molar-refractivity contribution is -0.116. The lowest BCUT2D eigenvalue weighted by atomic mass is 10.0. The SMILES string of the molecule is CC(C)c1ccc(C(=O)N2CCN(CCC(=O)Nc3c(Cl)cccc3Cl)CC2)cc1. The molecule has 0 aromatic heterocycles. The van der Waals surface area contributed by atoms with Crippen LogP contribution in [0.1, 0.15) is 42.1 Å². The first-order valence-corrected chi connectivity index (χ1v) is 11.0. The number of benzene rings is 2. The van der Waals surface area contributed by atoms with E-state index in [0.29, 0.717) is 47.7 Å². The van der Waals surface area contributed by atoms with E-state index in [4.69, 9.17) is 23.2 Å². The summed E-state index contributed by atoms with van der Waals surface area (Å²) in [6.07, 6.45) is 0.339. The van der Waals surface area contributed by atoms with Crippen LogP contribution >= 0.6 is 23.2 Å². The molecule has 160 valence electrons. The molecule has 1 fully saturated rings. The van der Waals surface area contributed by atoms with Crippen molar-refractivity contribution in [3.63, 3.8) is 0 Å². The molecule has 0 spiro atoms. The molecule has 1 aliphatic heterocycles. The number of nitrogens with one attached hydrogen (secondary N) is 1. The molecule has 2 amide bonds. The first-order valence-electron chi connectivity index (χ1n) is 10.2. The second-order valence-electron chi connectivity index (χ2n) is 7.81. The number of hydrogen-bond donors (Lipinski definition) is 1. The van der Waals surface area contributed by atoms with E-state index in [-0.39, 0.29) is 11.8 Å². The van der Waals surface area contributed by atoms with Gasteiger partial charge in [0.2, 0.25) is 5.91 Å². The van der Waals surface area contributed by atoms with Gasteiger partial charge in [-0.15, -0.1) is 0 Å². The lowest BCUT2D eigenvalue weighted by Gasteiger charge is -2.34. The van der Waals surface area contributed by atoms with Crippen LogP contribution in [-0.4, -0.2) is 54.3 Å². The highest BCUT2D eigenvalue weighted by molar-refractivity contribution is 6.39. The maximum atomic E-state index is 12.7. The molecule has 3 rings (SSSR count). The maximum Gasteiger partial charge on any atom is 0.253 e. The minimum absolute atomic E-state index is 0.0658. The van der Waals surface area contributed by atoms with Crippen molar-refractivity contribution < 1.29 is 9.59 Å². The van der Waals surface area contributed by atoms with Crippen LogP contribution in [0.25, 0.3) is 0 Å². The van der Waals surface area contributed by atoms with Gasteiger partial charge in [-0.1, -0.05) is 55.2 Å².